The second-order valence-electron chi connectivity index (χ2n) is 1.63. The van der Waals surface area contributed by atoms with Crippen molar-refractivity contribution in [3.05, 3.63) is 28.5 Å². The fourth-order valence-corrected chi connectivity index (χ4v) is 1.19. The van der Waals surface area contributed by atoms with Gasteiger partial charge >= 0.3 is 0 Å². The van der Waals surface area contributed by atoms with Gasteiger partial charge in [0, 0.05) is 6.08 Å². The monoisotopic (exact) mass is 151 g/mol. The van der Waals surface area contributed by atoms with E-state index in [1.165, 1.54) is 11.3 Å². The van der Waals surface area contributed by atoms with E-state index in [-0.39, 0.29) is 5.78 Å². The molecule has 0 saturated heterocycles. The highest BCUT2D eigenvalue weighted by atomic mass is 32.1. The smallest absolute Gasteiger partial charge is 0.204 e. The SMILES string of the molecule is N=C=CC(=O)c1cccs1. The van der Waals surface area contributed by atoms with E-state index in [9.17, 15) is 4.79 Å². The molecule has 0 radical (unpaired) electrons. The topological polar surface area (TPSA) is 40.9 Å². The van der Waals surface area contributed by atoms with Crippen LogP contribution < -0.4 is 0 Å². The molecule has 0 aliphatic rings. The molecule has 3 heteroatoms. The van der Waals surface area contributed by atoms with Crippen LogP contribution in [0.15, 0.2) is 23.6 Å². The molecule has 1 aromatic heterocycles. The zero-order chi connectivity index (χ0) is 7.40. The van der Waals surface area contributed by atoms with Gasteiger partial charge in [-0.3, -0.25) is 10.2 Å². The summed E-state index contributed by atoms with van der Waals surface area (Å²) in [5, 5.41) is 8.34. The van der Waals surface area contributed by atoms with Crippen LogP contribution in [0, 0.1) is 5.41 Å². The lowest BCUT2D eigenvalue weighted by atomic mass is 10.3. The Morgan fingerprint density at radius 3 is 3.10 bits per heavy atom. The minimum absolute atomic E-state index is 0.148. The van der Waals surface area contributed by atoms with E-state index in [4.69, 9.17) is 5.41 Å². The van der Waals surface area contributed by atoms with E-state index >= 15 is 0 Å². The fourth-order valence-electron chi connectivity index (χ4n) is 0.555. The van der Waals surface area contributed by atoms with Gasteiger partial charge in [-0.05, 0) is 17.3 Å². The van der Waals surface area contributed by atoms with E-state index in [0.29, 0.717) is 4.88 Å². The standard InChI is InChI=1S/C7H5NOS/c8-4-3-6(9)7-2-1-5-10-7/h1-3,5,8H. The van der Waals surface area contributed by atoms with Crippen LogP contribution in [0.1, 0.15) is 9.67 Å². The molecule has 0 atom stereocenters. The Balaban J connectivity index is 2.87. The van der Waals surface area contributed by atoms with E-state index < -0.39 is 0 Å². The molecule has 1 N–H and O–H groups in total. The first-order chi connectivity index (χ1) is 4.84. The lowest BCUT2D eigenvalue weighted by molar-refractivity contribution is 0.105. The third-order valence-corrected chi connectivity index (χ3v) is 1.85. The average Bonchev–Trinajstić information content (AvgIpc) is 2.38. The van der Waals surface area contributed by atoms with Gasteiger partial charge in [-0.25, -0.2) is 0 Å². The summed E-state index contributed by atoms with van der Waals surface area (Å²) in [7, 11) is 0. The molecule has 0 unspecified atom stereocenters. The van der Waals surface area contributed by atoms with Gasteiger partial charge in [-0.1, -0.05) is 6.07 Å². The van der Waals surface area contributed by atoms with E-state index in [0.717, 1.165) is 6.08 Å². The molecule has 50 valence electrons. The van der Waals surface area contributed by atoms with Gasteiger partial charge in [0.25, 0.3) is 0 Å². The van der Waals surface area contributed by atoms with Gasteiger partial charge in [-0.15, -0.1) is 11.3 Å². The summed E-state index contributed by atoms with van der Waals surface area (Å²) in [6.45, 7) is 0. The van der Waals surface area contributed by atoms with Gasteiger partial charge in [0.1, 0.15) is 0 Å². The second-order valence-corrected chi connectivity index (χ2v) is 2.58. The molecule has 1 heterocycles. The van der Waals surface area contributed by atoms with Crippen molar-refractivity contribution in [3.8, 4) is 0 Å². The zero-order valence-corrected chi connectivity index (χ0v) is 5.94. The van der Waals surface area contributed by atoms with Gasteiger partial charge in [0.05, 0.1) is 4.88 Å². The number of rotatable bonds is 2. The number of carbonyl (C=O) groups is 1. The highest BCUT2D eigenvalue weighted by Gasteiger charge is 1.99. The predicted molar refractivity (Wildman–Crippen MR) is 40.9 cm³/mol. The zero-order valence-electron chi connectivity index (χ0n) is 5.13. The van der Waals surface area contributed by atoms with Crippen molar-refractivity contribution in [2.45, 2.75) is 0 Å². The average molecular weight is 151 g/mol. The van der Waals surface area contributed by atoms with Crippen LogP contribution in [-0.4, -0.2) is 11.7 Å². The number of allylic oxidation sites excluding steroid dienone is 1. The maximum absolute atomic E-state index is 10.9. The van der Waals surface area contributed by atoms with Crippen molar-refractivity contribution in [1.29, 1.82) is 5.41 Å². The van der Waals surface area contributed by atoms with E-state index in [1.54, 1.807) is 12.1 Å². The van der Waals surface area contributed by atoms with E-state index in [2.05, 4.69) is 0 Å². The van der Waals surface area contributed by atoms with Crippen LogP contribution in [0.25, 0.3) is 0 Å². The molecular formula is C7H5NOS. The lowest BCUT2D eigenvalue weighted by Crippen LogP contribution is -1.87. The van der Waals surface area contributed by atoms with Gasteiger partial charge in [0.2, 0.25) is 5.78 Å². The summed E-state index contributed by atoms with van der Waals surface area (Å²) in [5.41, 5.74) is 0. The molecule has 1 aromatic rings. The van der Waals surface area contributed by atoms with E-state index in [1.807, 2.05) is 11.2 Å². The molecule has 1 rings (SSSR count). The molecule has 0 aromatic carbocycles. The number of nitrogens with one attached hydrogen (secondary N) is 1. The summed E-state index contributed by atoms with van der Waals surface area (Å²) in [5.74, 6) is 1.79. The Bertz CT molecular complexity index is 270. The molecule has 0 aliphatic heterocycles. The third kappa shape index (κ3) is 1.41. The number of ketones is 1. The summed E-state index contributed by atoms with van der Waals surface area (Å²) >= 11 is 1.37. The molecule has 10 heavy (non-hydrogen) atoms. The first kappa shape index (κ1) is 6.93. The molecule has 0 spiro atoms. The van der Waals surface area contributed by atoms with Crippen molar-refractivity contribution < 1.29 is 4.79 Å². The number of hydrogen-bond donors (Lipinski definition) is 1. The van der Waals surface area contributed by atoms with Crippen LogP contribution in [0.3, 0.4) is 0 Å². The Kier molecular flexibility index (Phi) is 2.15. The van der Waals surface area contributed by atoms with Crippen molar-refractivity contribution in [1.82, 2.24) is 0 Å². The predicted octanol–water partition coefficient (Wildman–Crippen LogP) is 1.74. The van der Waals surface area contributed by atoms with Crippen LogP contribution in [0.4, 0.5) is 0 Å². The summed E-state index contributed by atoms with van der Waals surface area (Å²) < 4.78 is 0. The Labute approximate surface area is 62.3 Å². The summed E-state index contributed by atoms with van der Waals surface area (Å²) in [6.07, 6.45) is 1.12. The second kappa shape index (κ2) is 3.11. The van der Waals surface area contributed by atoms with Gasteiger partial charge in [-0.2, -0.15) is 0 Å². The molecule has 0 aliphatic carbocycles. The van der Waals surface area contributed by atoms with Crippen LogP contribution in [0.2, 0.25) is 0 Å². The van der Waals surface area contributed by atoms with Gasteiger partial charge < -0.3 is 0 Å². The summed E-state index contributed by atoms with van der Waals surface area (Å²) in [4.78, 5) is 11.5. The molecule has 0 saturated carbocycles. The third-order valence-electron chi connectivity index (χ3n) is 0.967. The van der Waals surface area contributed by atoms with Crippen LogP contribution in [-0.2, 0) is 0 Å². The molecular weight excluding hydrogens is 146 g/mol. The fraction of sp³-hybridized carbons (Fsp3) is 0. The quantitative estimate of drug-likeness (QED) is 0.390. The Morgan fingerprint density at radius 1 is 1.80 bits per heavy atom. The molecule has 0 bridgehead atoms. The Morgan fingerprint density at radius 2 is 2.60 bits per heavy atom. The first-order valence-corrected chi connectivity index (χ1v) is 3.56. The van der Waals surface area contributed by atoms with Crippen molar-refractivity contribution in [2.24, 2.45) is 0 Å². The molecule has 0 fully saturated rings. The van der Waals surface area contributed by atoms with Crippen molar-refractivity contribution in [2.75, 3.05) is 0 Å². The largest absolute Gasteiger partial charge is 0.288 e. The maximum atomic E-state index is 10.9. The summed E-state index contributed by atoms with van der Waals surface area (Å²) in [6, 6.07) is 3.52. The first-order valence-electron chi connectivity index (χ1n) is 2.68. The normalized spacial score (nSPS) is 8.40. The van der Waals surface area contributed by atoms with Gasteiger partial charge in [0.15, 0.2) is 0 Å². The maximum Gasteiger partial charge on any atom is 0.204 e. The minimum Gasteiger partial charge on any atom is -0.288 e. The lowest BCUT2D eigenvalue weighted by Gasteiger charge is -1.81. The molecule has 2 nitrogen and oxygen atoms in total. The number of carbonyl (C=O) groups excluding carboxylic acids is 1. The molecule has 0 amide bonds. The minimum atomic E-state index is -0.148. The highest BCUT2D eigenvalue weighted by Crippen LogP contribution is 2.08. The van der Waals surface area contributed by atoms with Crippen molar-refractivity contribution in [3.63, 3.8) is 0 Å². The highest BCUT2D eigenvalue weighted by molar-refractivity contribution is 7.12. The Hall–Kier alpha value is -1.18. The van der Waals surface area contributed by atoms with Crippen molar-refractivity contribution >= 4 is 23.0 Å². The number of thiophene rings is 1. The van der Waals surface area contributed by atoms with Crippen LogP contribution in [0.5, 0.6) is 0 Å². The number of hydrogen-bond acceptors (Lipinski definition) is 3. The van der Waals surface area contributed by atoms with Crippen LogP contribution >= 0.6 is 11.3 Å².